The highest BCUT2D eigenvalue weighted by Gasteiger charge is 2.19. The molecule has 1 heterocycles. The van der Waals surface area contributed by atoms with Gasteiger partial charge in [-0.3, -0.25) is 9.59 Å². The molecule has 2 rings (SSSR count). The number of halogens is 1. The van der Waals surface area contributed by atoms with Crippen LogP contribution >= 0.6 is 11.6 Å². The molecule has 1 aliphatic rings. The van der Waals surface area contributed by atoms with E-state index in [0.29, 0.717) is 36.0 Å². The van der Waals surface area contributed by atoms with Crippen LogP contribution in [0.25, 0.3) is 0 Å². The first-order chi connectivity index (χ1) is 10.6. The van der Waals surface area contributed by atoms with Crippen LogP contribution in [0.3, 0.4) is 0 Å². The summed E-state index contributed by atoms with van der Waals surface area (Å²) in [6.45, 7) is 4.25. The average molecular weight is 326 g/mol. The number of carbonyl (C=O) groups excluding carboxylic acids is 2. The van der Waals surface area contributed by atoms with Gasteiger partial charge in [-0.05, 0) is 25.1 Å². The van der Waals surface area contributed by atoms with Gasteiger partial charge in [0.2, 0.25) is 5.91 Å². The predicted molar refractivity (Wildman–Crippen MR) is 85.3 cm³/mol. The molecule has 22 heavy (non-hydrogen) atoms. The molecule has 1 unspecified atom stereocenters. The van der Waals surface area contributed by atoms with Gasteiger partial charge >= 0.3 is 0 Å². The molecule has 0 spiro atoms. The van der Waals surface area contributed by atoms with Gasteiger partial charge in [-0.15, -0.1) is 0 Å². The van der Waals surface area contributed by atoms with E-state index in [-0.39, 0.29) is 24.3 Å². The van der Waals surface area contributed by atoms with E-state index in [9.17, 15) is 9.59 Å². The minimum absolute atomic E-state index is 0.0131. The molecule has 120 valence electrons. The normalized spacial score (nSPS) is 17.8. The van der Waals surface area contributed by atoms with Crippen molar-refractivity contribution in [2.24, 2.45) is 0 Å². The van der Waals surface area contributed by atoms with Crippen LogP contribution in [0.1, 0.15) is 23.7 Å². The van der Waals surface area contributed by atoms with Gasteiger partial charge in [-0.25, -0.2) is 0 Å². The van der Waals surface area contributed by atoms with Crippen LogP contribution in [-0.4, -0.2) is 44.2 Å². The van der Waals surface area contributed by atoms with Gasteiger partial charge in [0.1, 0.15) is 0 Å². The third-order valence-corrected chi connectivity index (χ3v) is 3.50. The molecule has 1 aromatic rings. The van der Waals surface area contributed by atoms with Gasteiger partial charge in [-0.1, -0.05) is 11.6 Å². The van der Waals surface area contributed by atoms with E-state index < -0.39 is 0 Å². The number of hydrogen-bond donors (Lipinski definition) is 3. The van der Waals surface area contributed by atoms with Gasteiger partial charge in [-0.2, -0.15) is 0 Å². The molecule has 0 saturated carbocycles. The Morgan fingerprint density at radius 2 is 2.27 bits per heavy atom. The average Bonchev–Trinajstić information content (AvgIpc) is 2.48. The Hall–Kier alpha value is -1.63. The van der Waals surface area contributed by atoms with E-state index in [2.05, 4.69) is 16.0 Å². The SMILES string of the molecule is CCNC(=O)c1ccc(Cl)cc1NC(=O)CC1COCCN1. The summed E-state index contributed by atoms with van der Waals surface area (Å²) in [5.41, 5.74) is 0.813. The van der Waals surface area contributed by atoms with Gasteiger partial charge in [0.15, 0.2) is 0 Å². The lowest BCUT2D eigenvalue weighted by Crippen LogP contribution is -2.43. The zero-order valence-electron chi connectivity index (χ0n) is 12.4. The van der Waals surface area contributed by atoms with Crippen LogP contribution in [-0.2, 0) is 9.53 Å². The fraction of sp³-hybridized carbons (Fsp3) is 0.467. The minimum atomic E-state index is -0.242. The summed E-state index contributed by atoms with van der Waals surface area (Å²) in [5.74, 6) is -0.426. The Morgan fingerprint density at radius 1 is 1.45 bits per heavy atom. The first-order valence-corrected chi connectivity index (χ1v) is 7.66. The number of hydrogen-bond acceptors (Lipinski definition) is 4. The lowest BCUT2D eigenvalue weighted by molar-refractivity contribution is -0.117. The fourth-order valence-electron chi connectivity index (χ4n) is 2.25. The number of nitrogens with one attached hydrogen (secondary N) is 3. The van der Waals surface area contributed by atoms with Crippen molar-refractivity contribution in [2.75, 3.05) is 31.6 Å². The topological polar surface area (TPSA) is 79.5 Å². The second-order valence-corrected chi connectivity index (χ2v) is 5.46. The van der Waals surface area contributed by atoms with E-state index >= 15 is 0 Å². The maximum atomic E-state index is 12.1. The molecule has 1 fully saturated rings. The highest BCUT2D eigenvalue weighted by Crippen LogP contribution is 2.21. The van der Waals surface area contributed by atoms with Crippen molar-refractivity contribution in [1.82, 2.24) is 10.6 Å². The predicted octanol–water partition coefficient (Wildman–Crippen LogP) is 1.41. The number of amides is 2. The smallest absolute Gasteiger partial charge is 0.253 e. The zero-order chi connectivity index (χ0) is 15.9. The quantitative estimate of drug-likeness (QED) is 0.764. The summed E-state index contributed by atoms with van der Waals surface area (Å²) in [7, 11) is 0. The van der Waals surface area contributed by atoms with Crippen LogP contribution in [0.5, 0.6) is 0 Å². The molecule has 0 aromatic heterocycles. The van der Waals surface area contributed by atoms with Crippen molar-refractivity contribution in [3.8, 4) is 0 Å². The number of carbonyl (C=O) groups is 2. The van der Waals surface area contributed by atoms with Gasteiger partial charge < -0.3 is 20.7 Å². The Balaban J connectivity index is 2.05. The standard InChI is InChI=1S/C15H20ClN3O3/c1-2-17-15(21)12-4-3-10(16)7-13(12)19-14(20)8-11-9-22-6-5-18-11/h3-4,7,11,18H,2,5-6,8-9H2,1H3,(H,17,21)(H,19,20). The van der Waals surface area contributed by atoms with E-state index in [1.165, 1.54) is 0 Å². The van der Waals surface area contributed by atoms with Crippen molar-refractivity contribution in [3.05, 3.63) is 28.8 Å². The molecule has 6 nitrogen and oxygen atoms in total. The molecule has 1 atom stereocenters. The van der Waals surface area contributed by atoms with Gasteiger partial charge in [0.25, 0.3) is 5.91 Å². The fourth-order valence-corrected chi connectivity index (χ4v) is 2.42. The molecule has 1 aliphatic heterocycles. The lowest BCUT2D eigenvalue weighted by Gasteiger charge is -2.23. The second kappa shape index (κ2) is 8.12. The molecule has 0 bridgehead atoms. The molecular formula is C15H20ClN3O3. The maximum absolute atomic E-state index is 12.1. The van der Waals surface area contributed by atoms with E-state index in [4.69, 9.17) is 16.3 Å². The highest BCUT2D eigenvalue weighted by molar-refractivity contribution is 6.31. The van der Waals surface area contributed by atoms with Crippen LogP contribution < -0.4 is 16.0 Å². The zero-order valence-corrected chi connectivity index (χ0v) is 13.2. The van der Waals surface area contributed by atoms with Crippen molar-refractivity contribution in [3.63, 3.8) is 0 Å². The van der Waals surface area contributed by atoms with E-state index in [0.717, 1.165) is 6.54 Å². The first kappa shape index (κ1) is 16.7. The monoisotopic (exact) mass is 325 g/mol. The molecule has 3 N–H and O–H groups in total. The third kappa shape index (κ3) is 4.69. The maximum Gasteiger partial charge on any atom is 0.253 e. The number of benzene rings is 1. The van der Waals surface area contributed by atoms with Crippen LogP contribution in [0, 0.1) is 0 Å². The van der Waals surface area contributed by atoms with Crippen molar-refractivity contribution < 1.29 is 14.3 Å². The minimum Gasteiger partial charge on any atom is -0.378 e. The Kier molecular flexibility index (Phi) is 6.18. The molecule has 0 aliphatic carbocycles. The number of anilines is 1. The van der Waals surface area contributed by atoms with Gasteiger partial charge in [0, 0.05) is 30.6 Å². The molecular weight excluding hydrogens is 306 g/mol. The molecule has 1 saturated heterocycles. The first-order valence-electron chi connectivity index (χ1n) is 7.29. The Bertz CT molecular complexity index is 545. The van der Waals surface area contributed by atoms with Crippen molar-refractivity contribution in [2.45, 2.75) is 19.4 Å². The summed E-state index contributed by atoms with van der Waals surface area (Å²) < 4.78 is 5.32. The third-order valence-electron chi connectivity index (χ3n) is 3.27. The summed E-state index contributed by atoms with van der Waals surface area (Å²) in [5, 5.41) is 9.14. The van der Waals surface area contributed by atoms with E-state index in [1.54, 1.807) is 18.2 Å². The Labute approximate surface area is 134 Å². The summed E-state index contributed by atoms with van der Waals surface area (Å²) in [4.78, 5) is 24.2. The summed E-state index contributed by atoms with van der Waals surface area (Å²) in [6, 6.07) is 4.79. The van der Waals surface area contributed by atoms with Crippen LogP contribution in [0.2, 0.25) is 5.02 Å². The number of ether oxygens (including phenoxy) is 1. The summed E-state index contributed by atoms with van der Waals surface area (Å²) >= 11 is 5.96. The summed E-state index contributed by atoms with van der Waals surface area (Å²) in [6.07, 6.45) is 0.279. The van der Waals surface area contributed by atoms with Crippen molar-refractivity contribution in [1.29, 1.82) is 0 Å². The number of rotatable bonds is 5. The number of morpholine rings is 1. The van der Waals surface area contributed by atoms with E-state index in [1.807, 2.05) is 6.92 Å². The molecule has 1 aromatic carbocycles. The molecule has 2 amide bonds. The van der Waals surface area contributed by atoms with Crippen LogP contribution in [0.15, 0.2) is 18.2 Å². The van der Waals surface area contributed by atoms with Gasteiger partial charge in [0.05, 0.1) is 24.5 Å². The largest absolute Gasteiger partial charge is 0.378 e. The Morgan fingerprint density at radius 3 is 2.95 bits per heavy atom. The van der Waals surface area contributed by atoms with Crippen molar-refractivity contribution >= 4 is 29.1 Å². The lowest BCUT2D eigenvalue weighted by atomic mass is 10.1. The van der Waals surface area contributed by atoms with Crippen LogP contribution in [0.4, 0.5) is 5.69 Å². The molecule has 7 heteroatoms. The second-order valence-electron chi connectivity index (χ2n) is 5.03. The molecule has 0 radical (unpaired) electrons. The highest BCUT2D eigenvalue weighted by atomic mass is 35.5.